The molecule has 0 saturated carbocycles. The van der Waals surface area contributed by atoms with Gasteiger partial charge in [-0.1, -0.05) is 60.7 Å². The van der Waals surface area contributed by atoms with E-state index in [0.717, 1.165) is 61.3 Å². The van der Waals surface area contributed by atoms with Crippen LogP contribution in [0.3, 0.4) is 0 Å². The van der Waals surface area contributed by atoms with Crippen LogP contribution in [-0.2, 0) is 13.1 Å². The van der Waals surface area contributed by atoms with Gasteiger partial charge >= 0.3 is 5.63 Å². The zero-order chi connectivity index (χ0) is 22.9. The fourth-order valence-electron chi connectivity index (χ4n) is 5.25. The molecule has 0 spiro atoms. The monoisotopic (exact) mass is 452 g/mol. The van der Waals surface area contributed by atoms with Crippen molar-refractivity contribution in [3.63, 3.8) is 0 Å². The van der Waals surface area contributed by atoms with E-state index >= 15 is 0 Å². The SMILES string of the molecule is O=c1oc2c3c(ccc2cc1-c1ccccc1)OCN(C1CCN(Cc2ccccc2)CC1)C3. The number of fused-ring (bicyclic) bond motifs is 3. The molecule has 5 nitrogen and oxygen atoms in total. The maximum Gasteiger partial charge on any atom is 0.344 e. The Morgan fingerprint density at radius 2 is 1.62 bits per heavy atom. The minimum Gasteiger partial charge on any atom is -0.478 e. The van der Waals surface area contributed by atoms with Crippen LogP contribution in [0.2, 0.25) is 0 Å². The van der Waals surface area contributed by atoms with Crippen LogP contribution in [0.15, 0.2) is 88.1 Å². The van der Waals surface area contributed by atoms with E-state index in [0.29, 0.717) is 23.9 Å². The second-order valence-electron chi connectivity index (χ2n) is 9.29. The molecule has 0 radical (unpaired) electrons. The smallest absolute Gasteiger partial charge is 0.344 e. The Labute approximate surface area is 199 Å². The largest absolute Gasteiger partial charge is 0.478 e. The Morgan fingerprint density at radius 1 is 0.882 bits per heavy atom. The summed E-state index contributed by atoms with van der Waals surface area (Å²) in [6.45, 7) is 4.48. The van der Waals surface area contributed by atoms with Crippen molar-refractivity contribution in [1.82, 2.24) is 9.80 Å². The molecule has 0 N–H and O–H groups in total. The third-order valence-electron chi connectivity index (χ3n) is 7.12. The molecule has 172 valence electrons. The lowest BCUT2D eigenvalue weighted by atomic mass is 10.00. The van der Waals surface area contributed by atoms with Crippen molar-refractivity contribution in [2.45, 2.75) is 32.0 Å². The molecule has 0 bridgehead atoms. The first kappa shape index (κ1) is 21.1. The van der Waals surface area contributed by atoms with Gasteiger partial charge in [0.2, 0.25) is 0 Å². The topological polar surface area (TPSA) is 45.9 Å². The van der Waals surface area contributed by atoms with E-state index in [1.54, 1.807) is 0 Å². The molecule has 3 heterocycles. The second kappa shape index (κ2) is 9.09. The minimum atomic E-state index is -0.307. The van der Waals surface area contributed by atoms with Crippen molar-refractivity contribution < 1.29 is 9.15 Å². The first-order chi connectivity index (χ1) is 16.7. The van der Waals surface area contributed by atoms with Crippen molar-refractivity contribution in [3.05, 3.63) is 100 Å². The third-order valence-corrected chi connectivity index (χ3v) is 7.12. The summed E-state index contributed by atoms with van der Waals surface area (Å²) in [5, 5.41) is 0.931. The van der Waals surface area contributed by atoms with Crippen LogP contribution in [0.25, 0.3) is 22.1 Å². The Bertz CT molecular complexity index is 1340. The molecule has 0 amide bonds. The van der Waals surface area contributed by atoms with Gasteiger partial charge in [0, 0.05) is 24.5 Å². The van der Waals surface area contributed by atoms with Crippen molar-refractivity contribution >= 4 is 11.0 Å². The van der Waals surface area contributed by atoms with E-state index in [-0.39, 0.29) is 5.63 Å². The Hall–Kier alpha value is -3.41. The second-order valence-corrected chi connectivity index (χ2v) is 9.29. The van der Waals surface area contributed by atoms with Crippen molar-refractivity contribution in [1.29, 1.82) is 0 Å². The fraction of sp³-hybridized carbons (Fsp3) is 0.276. The van der Waals surface area contributed by atoms with Crippen LogP contribution in [0.5, 0.6) is 5.75 Å². The molecule has 3 aromatic carbocycles. The Balaban J connectivity index is 1.20. The standard InChI is InChI=1S/C29H28N2O3/c32-29-25(22-9-5-2-6-10-22)17-23-11-12-27-26(28(23)34-29)19-31(20-33-27)24-13-15-30(16-14-24)18-21-7-3-1-4-8-21/h1-12,17,24H,13-16,18-20H2. The van der Waals surface area contributed by atoms with Crippen molar-refractivity contribution in [2.24, 2.45) is 0 Å². The summed E-state index contributed by atoms with van der Waals surface area (Å²) in [6.07, 6.45) is 2.22. The molecule has 0 unspecified atom stereocenters. The molecule has 0 atom stereocenters. The van der Waals surface area contributed by atoms with Crippen molar-refractivity contribution in [3.8, 4) is 16.9 Å². The van der Waals surface area contributed by atoms with Gasteiger partial charge in [-0.15, -0.1) is 0 Å². The predicted octanol–water partition coefficient (Wildman–Crippen LogP) is 5.28. The average Bonchev–Trinajstić information content (AvgIpc) is 2.89. The van der Waals surface area contributed by atoms with Crippen molar-refractivity contribution in [2.75, 3.05) is 19.8 Å². The highest BCUT2D eigenvalue weighted by molar-refractivity contribution is 5.86. The predicted molar refractivity (Wildman–Crippen MR) is 134 cm³/mol. The first-order valence-electron chi connectivity index (χ1n) is 12.0. The van der Waals surface area contributed by atoms with E-state index in [4.69, 9.17) is 9.15 Å². The normalized spacial score (nSPS) is 17.4. The van der Waals surface area contributed by atoms with Crippen LogP contribution in [0, 0.1) is 0 Å². The van der Waals surface area contributed by atoms with Gasteiger partial charge in [0.25, 0.3) is 0 Å². The van der Waals surface area contributed by atoms with E-state index in [9.17, 15) is 4.79 Å². The molecule has 1 aromatic heterocycles. The lowest BCUT2D eigenvalue weighted by Gasteiger charge is -2.40. The Kier molecular flexibility index (Phi) is 5.65. The quantitative estimate of drug-likeness (QED) is 0.395. The molecule has 0 aliphatic carbocycles. The average molecular weight is 453 g/mol. The molecular formula is C29H28N2O3. The summed E-state index contributed by atoms with van der Waals surface area (Å²) in [6, 6.07) is 26.8. The summed E-state index contributed by atoms with van der Waals surface area (Å²) < 4.78 is 12.0. The molecule has 1 saturated heterocycles. The molecule has 5 heteroatoms. The molecule has 2 aliphatic rings. The highest BCUT2D eigenvalue weighted by atomic mass is 16.5. The lowest BCUT2D eigenvalue weighted by Crippen LogP contribution is -2.47. The molecule has 1 fully saturated rings. The minimum absolute atomic E-state index is 0.307. The van der Waals surface area contributed by atoms with Crippen LogP contribution in [-0.4, -0.2) is 35.7 Å². The van der Waals surface area contributed by atoms with Gasteiger partial charge in [-0.25, -0.2) is 4.79 Å². The van der Waals surface area contributed by atoms with Gasteiger partial charge in [-0.3, -0.25) is 9.80 Å². The van der Waals surface area contributed by atoms with Crippen LogP contribution >= 0.6 is 0 Å². The summed E-state index contributed by atoms with van der Waals surface area (Å²) >= 11 is 0. The van der Waals surface area contributed by atoms with Gasteiger partial charge in [0.1, 0.15) is 18.1 Å². The molecule has 34 heavy (non-hydrogen) atoms. The number of piperidine rings is 1. The van der Waals surface area contributed by atoms with E-state index in [2.05, 4.69) is 40.1 Å². The zero-order valence-corrected chi connectivity index (χ0v) is 19.2. The van der Waals surface area contributed by atoms with E-state index < -0.39 is 0 Å². The number of likely N-dealkylation sites (tertiary alicyclic amines) is 1. The highest BCUT2D eigenvalue weighted by Crippen LogP contribution is 2.35. The van der Waals surface area contributed by atoms with E-state index in [1.165, 1.54) is 5.56 Å². The van der Waals surface area contributed by atoms with Gasteiger partial charge in [-0.05, 0) is 55.3 Å². The van der Waals surface area contributed by atoms with Gasteiger partial charge in [-0.2, -0.15) is 0 Å². The third kappa shape index (κ3) is 4.13. The van der Waals surface area contributed by atoms with Gasteiger partial charge < -0.3 is 9.15 Å². The van der Waals surface area contributed by atoms with Gasteiger partial charge in [0.05, 0.1) is 11.1 Å². The zero-order valence-electron chi connectivity index (χ0n) is 19.2. The number of hydrogen-bond acceptors (Lipinski definition) is 5. The number of hydrogen-bond donors (Lipinski definition) is 0. The maximum absolute atomic E-state index is 12.9. The first-order valence-corrected chi connectivity index (χ1v) is 12.0. The molecule has 2 aliphatic heterocycles. The highest BCUT2D eigenvalue weighted by Gasteiger charge is 2.30. The van der Waals surface area contributed by atoms with Crippen LogP contribution < -0.4 is 10.4 Å². The van der Waals surface area contributed by atoms with E-state index in [1.807, 2.05) is 48.5 Å². The molecule has 4 aromatic rings. The summed E-state index contributed by atoms with van der Waals surface area (Å²) in [4.78, 5) is 17.8. The van der Waals surface area contributed by atoms with Crippen LogP contribution in [0.1, 0.15) is 24.0 Å². The summed E-state index contributed by atoms with van der Waals surface area (Å²) in [5.74, 6) is 0.820. The summed E-state index contributed by atoms with van der Waals surface area (Å²) in [7, 11) is 0. The molecule has 6 rings (SSSR count). The molecular weight excluding hydrogens is 424 g/mol. The van der Waals surface area contributed by atoms with Crippen LogP contribution in [0.4, 0.5) is 0 Å². The number of nitrogens with zero attached hydrogens (tertiary/aromatic N) is 2. The number of benzene rings is 3. The Morgan fingerprint density at radius 3 is 2.38 bits per heavy atom. The lowest BCUT2D eigenvalue weighted by molar-refractivity contribution is 0.0244. The number of rotatable bonds is 4. The number of ether oxygens (including phenoxy) is 1. The maximum atomic E-state index is 12.9. The van der Waals surface area contributed by atoms with Gasteiger partial charge in [0.15, 0.2) is 0 Å². The summed E-state index contributed by atoms with van der Waals surface area (Å²) in [5.41, 5.74) is 4.15. The fourth-order valence-corrected chi connectivity index (χ4v) is 5.25.